The maximum atomic E-state index is 11.4. The average Bonchev–Trinajstić information content (AvgIpc) is 3.42. The van der Waals surface area contributed by atoms with Crippen LogP contribution in [0, 0.1) is 13.8 Å². The Bertz CT molecular complexity index is 1630. The molecule has 4 rings (SSSR count). The summed E-state index contributed by atoms with van der Waals surface area (Å²) in [4.78, 5) is 31.6. The number of cyclic esters (lactones) is 1. The lowest BCUT2D eigenvalue weighted by Gasteiger charge is -2.14. The lowest BCUT2D eigenvalue weighted by molar-refractivity contribution is -0.139. The normalized spacial score (nSPS) is 15.1. The summed E-state index contributed by atoms with van der Waals surface area (Å²) >= 11 is 0. The number of carbonyl (C=O) groups is 2. The van der Waals surface area contributed by atoms with Crippen LogP contribution in [-0.2, 0) is 19.1 Å². The summed E-state index contributed by atoms with van der Waals surface area (Å²) in [6, 6.07) is 20.0. The molecule has 1 aliphatic heterocycles. The Morgan fingerprint density at radius 2 is 1.43 bits per heavy atom. The minimum atomic E-state index is -0.264. The molecule has 0 spiro atoms. The number of methoxy groups -OCH3 is 1. The summed E-state index contributed by atoms with van der Waals surface area (Å²) in [6.45, 7) is 12.7. The molecule has 0 aliphatic carbocycles. The summed E-state index contributed by atoms with van der Waals surface area (Å²) in [6.07, 6.45) is 11.0. The van der Waals surface area contributed by atoms with E-state index in [1.807, 2.05) is 86.9 Å². The van der Waals surface area contributed by atoms with Gasteiger partial charge in [0, 0.05) is 38.0 Å². The van der Waals surface area contributed by atoms with Crippen LogP contribution in [0.1, 0.15) is 73.6 Å². The van der Waals surface area contributed by atoms with Crippen LogP contribution in [0.2, 0.25) is 0 Å². The molecule has 0 aromatic heterocycles. The van der Waals surface area contributed by atoms with E-state index in [1.54, 1.807) is 7.11 Å². The number of aryl methyl sites for hydroxylation is 2. The molecule has 0 bridgehead atoms. The molecule has 1 heterocycles. The average molecular weight is 665 g/mol. The summed E-state index contributed by atoms with van der Waals surface area (Å²) in [7, 11) is 1.67. The molecule has 0 radical (unpaired) electrons. The van der Waals surface area contributed by atoms with Crippen LogP contribution in [0.25, 0.3) is 0 Å². The second kappa shape index (κ2) is 19.2. The van der Waals surface area contributed by atoms with Gasteiger partial charge in [0.1, 0.15) is 23.9 Å². The Morgan fingerprint density at radius 3 is 1.90 bits per heavy atom. The first-order valence-electron chi connectivity index (χ1n) is 16.9. The maximum absolute atomic E-state index is 11.4. The zero-order valence-electron chi connectivity index (χ0n) is 29.0. The van der Waals surface area contributed by atoms with Gasteiger partial charge >= 0.3 is 5.97 Å². The molecule has 1 aliphatic rings. The third-order valence-electron chi connectivity index (χ3n) is 8.38. The first-order chi connectivity index (χ1) is 23.7. The van der Waals surface area contributed by atoms with E-state index < -0.39 is 0 Å². The summed E-state index contributed by atoms with van der Waals surface area (Å²) < 4.78 is 22.6. The number of carbonyl (C=O) groups excluding carboxylic acids is 2. The lowest BCUT2D eigenvalue weighted by atomic mass is 10.1. The van der Waals surface area contributed by atoms with Crippen molar-refractivity contribution in [1.29, 1.82) is 0 Å². The van der Waals surface area contributed by atoms with E-state index in [0.717, 1.165) is 89.9 Å². The van der Waals surface area contributed by atoms with Crippen molar-refractivity contribution >= 4 is 36.1 Å². The minimum absolute atomic E-state index is 0.0122. The second-order valence-corrected chi connectivity index (χ2v) is 12.4. The number of hydrogen-bond donors (Lipinski definition) is 0. The van der Waals surface area contributed by atoms with Crippen LogP contribution < -0.4 is 9.47 Å². The van der Waals surface area contributed by atoms with Crippen molar-refractivity contribution in [3.8, 4) is 11.5 Å². The fourth-order valence-corrected chi connectivity index (χ4v) is 5.45. The van der Waals surface area contributed by atoms with Crippen molar-refractivity contribution in [2.24, 2.45) is 9.98 Å². The Hall–Kier alpha value is -4.82. The van der Waals surface area contributed by atoms with Gasteiger partial charge < -0.3 is 18.9 Å². The predicted octanol–water partition coefficient (Wildman–Crippen LogP) is 8.93. The Kier molecular flexibility index (Phi) is 14.5. The van der Waals surface area contributed by atoms with Gasteiger partial charge in [-0.2, -0.15) is 0 Å². The van der Waals surface area contributed by atoms with Crippen LogP contribution in [0.4, 0.5) is 11.4 Å². The van der Waals surface area contributed by atoms with Crippen molar-refractivity contribution < 1.29 is 28.5 Å². The summed E-state index contributed by atoms with van der Waals surface area (Å²) in [5.41, 5.74) is 6.98. The Morgan fingerprint density at radius 1 is 0.878 bits per heavy atom. The van der Waals surface area contributed by atoms with Crippen LogP contribution >= 0.6 is 0 Å². The number of aldehydes is 1. The van der Waals surface area contributed by atoms with Crippen LogP contribution in [0.15, 0.2) is 95.0 Å². The Balaban J connectivity index is 1.18. The maximum Gasteiger partial charge on any atom is 0.333 e. The van der Waals surface area contributed by atoms with Gasteiger partial charge in [0.15, 0.2) is 0 Å². The van der Waals surface area contributed by atoms with E-state index in [2.05, 4.69) is 18.2 Å². The van der Waals surface area contributed by atoms with Gasteiger partial charge in [-0.3, -0.25) is 14.8 Å². The highest BCUT2D eigenvalue weighted by Gasteiger charge is 2.26. The molecule has 0 amide bonds. The van der Waals surface area contributed by atoms with Gasteiger partial charge in [0.05, 0.1) is 30.7 Å². The molecule has 49 heavy (non-hydrogen) atoms. The van der Waals surface area contributed by atoms with Gasteiger partial charge in [0.25, 0.3) is 0 Å². The first kappa shape index (κ1) is 37.0. The fourth-order valence-electron chi connectivity index (χ4n) is 5.45. The molecular weight excluding hydrogens is 616 g/mol. The SMILES string of the molecule is C=C(C=O)CC(CCCCOc1ccc(N=Cc2ccc(C=Nc3ccc(OCCCCC4CC(=C)C(=O)O4)cc3C)cc2)c(C)c1)OC. The van der Waals surface area contributed by atoms with Crippen molar-refractivity contribution in [2.75, 3.05) is 20.3 Å². The minimum Gasteiger partial charge on any atom is -0.494 e. The number of unbranched alkanes of at least 4 members (excludes halogenated alkanes) is 2. The van der Waals surface area contributed by atoms with Crippen molar-refractivity contribution in [1.82, 2.24) is 0 Å². The molecule has 0 saturated carbocycles. The molecule has 1 fully saturated rings. The van der Waals surface area contributed by atoms with Gasteiger partial charge in [-0.25, -0.2) is 4.79 Å². The molecule has 2 unspecified atom stereocenters. The molecule has 258 valence electrons. The van der Waals surface area contributed by atoms with Crippen LogP contribution in [0.5, 0.6) is 11.5 Å². The van der Waals surface area contributed by atoms with Crippen LogP contribution in [0.3, 0.4) is 0 Å². The van der Waals surface area contributed by atoms with E-state index >= 15 is 0 Å². The largest absolute Gasteiger partial charge is 0.494 e. The number of rotatable bonds is 20. The number of nitrogens with zero attached hydrogens (tertiary/aromatic N) is 2. The third-order valence-corrected chi connectivity index (χ3v) is 8.38. The Labute approximate surface area is 290 Å². The fraction of sp³-hybridized carbons (Fsp3) is 0.366. The molecule has 3 aromatic carbocycles. The third kappa shape index (κ3) is 12.3. The number of ether oxygens (including phenoxy) is 4. The quantitative estimate of drug-likeness (QED) is 0.0394. The lowest BCUT2D eigenvalue weighted by Crippen LogP contribution is -2.12. The number of benzene rings is 3. The van der Waals surface area contributed by atoms with E-state index in [1.165, 1.54) is 0 Å². The van der Waals surface area contributed by atoms with Gasteiger partial charge in [-0.15, -0.1) is 0 Å². The summed E-state index contributed by atoms with van der Waals surface area (Å²) in [5, 5.41) is 0. The highest BCUT2D eigenvalue weighted by Crippen LogP contribution is 2.26. The standard InChI is InChI=1S/C41H48N2O6/c1-29(28-44)22-35(46-5)10-6-8-20-47-36-16-18-39(30(2)23-36)42-26-33-12-14-34(15-13-33)27-43-40-19-17-37(24-31(40)3)48-21-9-7-11-38-25-32(4)41(45)49-38/h12-19,23-24,26-28,35,38H,1,4,6-11,20-22,25H2,2-3,5H3. The van der Waals surface area contributed by atoms with Gasteiger partial charge in [0.2, 0.25) is 0 Å². The highest BCUT2D eigenvalue weighted by atomic mass is 16.5. The smallest absolute Gasteiger partial charge is 0.333 e. The van der Waals surface area contributed by atoms with E-state index in [0.29, 0.717) is 37.2 Å². The molecule has 0 N–H and O–H groups in total. The second-order valence-electron chi connectivity index (χ2n) is 12.4. The monoisotopic (exact) mass is 664 g/mol. The van der Waals surface area contributed by atoms with Crippen molar-refractivity contribution in [3.05, 3.63) is 107 Å². The van der Waals surface area contributed by atoms with Gasteiger partial charge in [-0.1, -0.05) is 37.4 Å². The number of hydrogen-bond acceptors (Lipinski definition) is 8. The zero-order valence-corrected chi connectivity index (χ0v) is 29.0. The topological polar surface area (TPSA) is 95.8 Å². The van der Waals surface area contributed by atoms with Gasteiger partial charge in [-0.05, 0) is 117 Å². The number of aliphatic imine (C=N–C) groups is 2. The molecular formula is C41H48N2O6. The molecule has 3 aromatic rings. The van der Waals surface area contributed by atoms with Crippen molar-refractivity contribution in [3.63, 3.8) is 0 Å². The molecule has 1 saturated heterocycles. The number of esters is 1. The summed E-state index contributed by atoms with van der Waals surface area (Å²) in [5.74, 6) is 1.38. The molecule has 8 heteroatoms. The van der Waals surface area contributed by atoms with E-state index in [-0.39, 0.29) is 18.2 Å². The molecule has 8 nitrogen and oxygen atoms in total. The van der Waals surface area contributed by atoms with Crippen LogP contribution in [-0.4, -0.2) is 57.2 Å². The highest BCUT2D eigenvalue weighted by molar-refractivity contribution is 5.90. The zero-order chi connectivity index (χ0) is 35.0. The molecule has 2 atom stereocenters. The van der Waals surface area contributed by atoms with Crippen molar-refractivity contribution in [2.45, 2.75) is 77.4 Å². The first-order valence-corrected chi connectivity index (χ1v) is 16.9. The van der Waals surface area contributed by atoms with E-state index in [4.69, 9.17) is 23.9 Å². The predicted molar refractivity (Wildman–Crippen MR) is 196 cm³/mol. The van der Waals surface area contributed by atoms with E-state index in [9.17, 15) is 9.59 Å².